The zero-order chi connectivity index (χ0) is 15.6. The number of fused-ring (bicyclic) bond motifs is 3. The summed E-state index contributed by atoms with van der Waals surface area (Å²) < 4.78 is 5.64. The Morgan fingerprint density at radius 3 is 2.61 bits per heavy atom. The van der Waals surface area contributed by atoms with Gasteiger partial charge in [-0.05, 0) is 23.1 Å². The third-order valence-corrected chi connectivity index (χ3v) is 4.25. The first kappa shape index (κ1) is 13.8. The first-order valence-corrected chi connectivity index (χ1v) is 7.82. The molecule has 0 spiro atoms. The van der Waals surface area contributed by atoms with Gasteiger partial charge in [0.05, 0.1) is 12.1 Å². The minimum atomic E-state index is -0.262. The van der Waals surface area contributed by atoms with Gasteiger partial charge in [-0.2, -0.15) is 0 Å². The van der Waals surface area contributed by atoms with Crippen LogP contribution in [0.2, 0.25) is 0 Å². The van der Waals surface area contributed by atoms with Gasteiger partial charge in [0.25, 0.3) is 0 Å². The number of hydrogen-bond donors (Lipinski definition) is 1. The third-order valence-electron chi connectivity index (χ3n) is 4.25. The molecule has 114 valence electrons. The summed E-state index contributed by atoms with van der Waals surface area (Å²) in [5, 5.41) is 5.88. The number of hydrogen-bond acceptors (Lipinski definition) is 3. The van der Waals surface area contributed by atoms with Crippen LogP contribution in [0.4, 0.5) is 5.69 Å². The highest BCUT2D eigenvalue weighted by molar-refractivity contribution is 5.96. The summed E-state index contributed by atoms with van der Waals surface area (Å²) in [6.07, 6.45) is 0.600. The number of esters is 1. The van der Waals surface area contributed by atoms with Crippen molar-refractivity contribution >= 4 is 22.4 Å². The fourth-order valence-electron chi connectivity index (χ4n) is 3.11. The summed E-state index contributed by atoms with van der Waals surface area (Å²) in [7, 11) is 0. The van der Waals surface area contributed by atoms with Crippen LogP contribution >= 0.6 is 0 Å². The molecule has 3 heteroatoms. The average Bonchev–Trinajstić information content (AvgIpc) is 2.62. The number of ether oxygens (including phenoxy) is 1. The van der Waals surface area contributed by atoms with Crippen LogP contribution in [0.15, 0.2) is 66.7 Å². The normalized spacial score (nSPS) is 16.4. The molecule has 0 aliphatic carbocycles. The minimum Gasteiger partial charge on any atom is -0.457 e. The number of carbonyl (C=O) groups excluding carboxylic acids is 1. The molecule has 3 aromatic rings. The molecule has 1 unspecified atom stereocenters. The van der Waals surface area contributed by atoms with Gasteiger partial charge in [-0.1, -0.05) is 54.6 Å². The lowest BCUT2D eigenvalue weighted by Gasteiger charge is -2.27. The SMILES string of the molecule is O=C(OC1CNc2c(ccc3ccccc23)C1)c1ccccc1. The summed E-state index contributed by atoms with van der Waals surface area (Å²) in [6.45, 7) is 0.638. The third kappa shape index (κ3) is 2.66. The van der Waals surface area contributed by atoms with Crippen LogP contribution in [0, 0.1) is 0 Å². The van der Waals surface area contributed by atoms with Gasteiger partial charge in [0.2, 0.25) is 0 Å². The highest BCUT2D eigenvalue weighted by Crippen LogP contribution is 2.31. The van der Waals surface area contributed by atoms with Crippen LogP contribution in [0.3, 0.4) is 0 Å². The van der Waals surface area contributed by atoms with Crippen LogP contribution in [0.5, 0.6) is 0 Å². The molecule has 3 aromatic carbocycles. The molecule has 1 aliphatic rings. The van der Waals surface area contributed by atoms with E-state index in [0.717, 1.165) is 12.1 Å². The van der Waals surface area contributed by atoms with E-state index in [9.17, 15) is 4.79 Å². The van der Waals surface area contributed by atoms with Crippen LogP contribution in [0.25, 0.3) is 10.8 Å². The molecule has 0 amide bonds. The van der Waals surface area contributed by atoms with Crippen molar-refractivity contribution in [3.8, 4) is 0 Å². The maximum absolute atomic E-state index is 12.2. The van der Waals surface area contributed by atoms with Crippen molar-refractivity contribution in [3.05, 3.63) is 77.9 Å². The Balaban J connectivity index is 1.55. The lowest BCUT2D eigenvalue weighted by Crippen LogP contribution is -2.32. The Bertz CT molecular complexity index is 858. The Morgan fingerprint density at radius 1 is 0.957 bits per heavy atom. The van der Waals surface area contributed by atoms with Crippen molar-refractivity contribution in [2.24, 2.45) is 0 Å². The Morgan fingerprint density at radius 2 is 1.74 bits per heavy atom. The summed E-state index contributed by atoms with van der Waals surface area (Å²) >= 11 is 0. The quantitative estimate of drug-likeness (QED) is 0.726. The summed E-state index contributed by atoms with van der Waals surface area (Å²) in [6, 6.07) is 21.7. The van der Waals surface area contributed by atoms with E-state index in [-0.39, 0.29) is 12.1 Å². The number of anilines is 1. The average molecular weight is 303 g/mol. The smallest absolute Gasteiger partial charge is 0.338 e. The Hall–Kier alpha value is -2.81. The number of benzene rings is 3. The fourth-order valence-corrected chi connectivity index (χ4v) is 3.11. The summed E-state index contributed by atoms with van der Waals surface area (Å²) in [5.41, 5.74) is 2.95. The molecular weight excluding hydrogens is 286 g/mol. The highest BCUT2D eigenvalue weighted by Gasteiger charge is 2.23. The van der Waals surface area contributed by atoms with E-state index in [2.05, 4.69) is 29.6 Å². The summed E-state index contributed by atoms with van der Waals surface area (Å²) in [4.78, 5) is 12.2. The molecule has 0 saturated carbocycles. The second-order valence-electron chi connectivity index (χ2n) is 5.80. The van der Waals surface area contributed by atoms with Crippen molar-refractivity contribution < 1.29 is 9.53 Å². The van der Waals surface area contributed by atoms with Crippen molar-refractivity contribution in [2.75, 3.05) is 11.9 Å². The fraction of sp³-hybridized carbons (Fsp3) is 0.150. The maximum Gasteiger partial charge on any atom is 0.338 e. The molecule has 0 fully saturated rings. The van der Waals surface area contributed by atoms with Crippen LogP contribution in [-0.4, -0.2) is 18.6 Å². The molecule has 4 rings (SSSR count). The molecule has 23 heavy (non-hydrogen) atoms. The standard InChI is InChI=1S/C20H17NO2/c22-20(15-7-2-1-3-8-15)23-17-12-16-11-10-14-6-4-5-9-18(14)19(16)21-13-17/h1-11,17,21H,12-13H2. The van der Waals surface area contributed by atoms with E-state index in [0.29, 0.717) is 12.1 Å². The van der Waals surface area contributed by atoms with E-state index in [4.69, 9.17) is 4.74 Å². The molecule has 1 heterocycles. The zero-order valence-electron chi connectivity index (χ0n) is 12.7. The predicted molar refractivity (Wildman–Crippen MR) is 91.8 cm³/mol. The monoisotopic (exact) mass is 303 g/mol. The van der Waals surface area contributed by atoms with E-state index >= 15 is 0 Å². The number of nitrogens with one attached hydrogen (secondary N) is 1. The predicted octanol–water partition coefficient (Wildman–Crippen LogP) is 4.03. The molecule has 3 nitrogen and oxygen atoms in total. The topological polar surface area (TPSA) is 38.3 Å². The second-order valence-corrected chi connectivity index (χ2v) is 5.80. The largest absolute Gasteiger partial charge is 0.457 e. The summed E-state index contributed by atoms with van der Waals surface area (Å²) in [5.74, 6) is -0.262. The van der Waals surface area contributed by atoms with Gasteiger partial charge in [-0.3, -0.25) is 0 Å². The first-order valence-electron chi connectivity index (χ1n) is 7.82. The molecule has 0 aromatic heterocycles. The van der Waals surface area contributed by atoms with Crippen LogP contribution < -0.4 is 5.32 Å². The van der Waals surface area contributed by atoms with Gasteiger partial charge in [0.15, 0.2) is 0 Å². The van der Waals surface area contributed by atoms with Gasteiger partial charge >= 0.3 is 5.97 Å². The lowest BCUT2D eigenvalue weighted by molar-refractivity contribution is 0.0324. The minimum absolute atomic E-state index is 0.142. The van der Waals surface area contributed by atoms with Gasteiger partial charge in [0, 0.05) is 17.5 Å². The van der Waals surface area contributed by atoms with Gasteiger partial charge in [0.1, 0.15) is 6.10 Å². The highest BCUT2D eigenvalue weighted by atomic mass is 16.5. The Labute approximate surface area is 134 Å². The first-order chi connectivity index (χ1) is 11.3. The van der Waals surface area contributed by atoms with E-state index in [1.807, 2.05) is 30.3 Å². The molecule has 1 atom stereocenters. The van der Waals surface area contributed by atoms with E-state index in [1.54, 1.807) is 12.1 Å². The van der Waals surface area contributed by atoms with E-state index in [1.165, 1.54) is 16.3 Å². The molecule has 1 N–H and O–H groups in total. The van der Waals surface area contributed by atoms with Crippen molar-refractivity contribution in [3.63, 3.8) is 0 Å². The maximum atomic E-state index is 12.2. The van der Waals surface area contributed by atoms with Crippen LogP contribution in [0.1, 0.15) is 15.9 Å². The molecule has 0 bridgehead atoms. The van der Waals surface area contributed by atoms with Crippen molar-refractivity contribution in [2.45, 2.75) is 12.5 Å². The zero-order valence-corrected chi connectivity index (χ0v) is 12.7. The van der Waals surface area contributed by atoms with Gasteiger partial charge in [-0.15, -0.1) is 0 Å². The number of rotatable bonds is 2. The molecule has 1 aliphatic heterocycles. The molecule has 0 radical (unpaired) electrons. The number of carbonyl (C=O) groups is 1. The second kappa shape index (κ2) is 5.76. The van der Waals surface area contributed by atoms with E-state index < -0.39 is 0 Å². The molecular formula is C20H17NO2. The van der Waals surface area contributed by atoms with Gasteiger partial charge < -0.3 is 10.1 Å². The Kier molecular flexibility index (Phi) is 3.46. The lowest BCUT2D eigenvalue weighted by atomic mass is 9.96. The molecule has 0 saturated heterocycles. The van der Waals surface area contributed by atoms with Gasteiger partial charge in [-0.25, -0.2) is 4.79 Å². The van der Waals surface area contributed by atoms with Crippen LogP contribution in [-0.2, 0) is 11.2 Å². The van der Waals surface area contributed by atoms with Crippen molar-refractivity contribution in [1.29, 1.82) is 0 Å². The van der Waals surface area contributed by atoms with Crippen molar-refractivity contribution in [1.82, 2.24) is 0 Å².